The van der Waals surface area contributed by atoms with Crippen LogP contribution in [0.15, 0.2) is 0 Å². The van der Waals surface area contributed by atoms with Gasteiger partial charge in [0, 0.05) is 10.00 Å². The fourth-order valence-electron chi connectivity index (χ4n) is 1.62. The first-order valence-electron chi connectivity index (χ1n) is 6.04. The summed E-state index contributed by atoms with van der Waals surface area (Å²) < 4.78 is -0.0856. The molecule has 3 atom stereocenters. The minimum Gasteiger partial charge on any atom is -0.391 e. The zero-order valence-electron chi connectivity index (χ0n) is 12.0. The highest BCUT2D eigenvalue weighted by Gasteiger charge is 2.32. The number of hydrogen-bond donors (Lipinski definition) is 1. The number of rotatable bonds is 5. The molecule has 0 aliphatic rings. The van der Waals surface area contributed by atoms with E-state index in [0.29, 0.717) is 5.92 Å². The minimum absolute atomic E-state index is 0.0856. The molecule has 0 saturated heterocycles. The van der Waals surface area contributed by atoms with Crippen LogP contribution in [0.5, 0.6) is 0 Å². The summed E-state index contributed by atoms with van der Waals surface area (Å²) in [6.45, 7) is 12.0. The lowest BCUT2D eigenvalue weighted by atomic mass is 9.96. The molecule has 0 aliphatic carbocycles. The van der Waals surface area contributed by atoms with Crippen molar-refractivity contribution in [3.63, 3.8) is 0 Å². The molecule has 4 heteroatoms. The lowest BCUT2D eigenvalue weighted by Crippen LogP contribution is -2.37. The van der Waals surface area contributed by atoms with Crippen LogP contribution in [-0.2, 0) is 4.79 Å². The van der Waals surface area contributed by atoms with Gasteiger partial charge in [-0.2, -0.15) is 11.8 Å². The molecule has 0 aromatic carbocycles. The van der Waals surface area contributed by atoms with Gasteiger partial charge in [0.1, 0.15) is 0 Å². The molecule has 0 bridgehead atoms. The van der Waals surface area contributed by atoms with Crippen LogP contribution in [0.3, 0.4) is 0 Å². The van der Waals surface area contributed by atoms with Gasteiger partial charge < -0.3 is 5.11 Å². The van der Waals surface area contributed by atoms with Crippen LogP contribution in [0, 0.1) is 11.8 Å². The molecule has 0 radical (unpaired) electrons. The first-order valence-corrected chi connectivity index (χ1v) is 8.14. The summed E-state index contributed by atoms with van der Waals surface area (Å²) in [5.41, 5.74) is 0. The predicted molar refractivity (Wildman–Crippen MR) is 79.7 cm³/mol. The second kappa shape index (κ2) is 7.05. The molecule has 0 spiro atoms. The number of hydrogen-bond acceptors (Lipinski definition) is 4. The van der Waals surface area contributed by atoms with E-state index in [-0.39, 0.29) is 21.0 Å². The summed E-state index contributed by atoms with van der Waals surface area (Å²) in [6.07, 6.45) is 1.43. The van der Waals surface area contributed by atoms with Crippen molar-refractivity contribution >= 4 is 28.6 Å². The van der Waals surface area contributed by atoms with E-state index in [1.165, 1.54) is 11.8 Å². The average molecular weight is 278 g/mol. The molecule has 0 aromatic heterocycles. The maximum atomic E-state index is 12.0. The highest BCUT2D eigenvalue weighted by Crippen LogP contribution is 2.31. The molecule has 102 valence electrons. The zero-order valence-corrected chi connectivity index (χ0v) is 13.6. The van der Waals surface area contributed by atoms with Gasteiger partial charge in [-0.25, -0.2) is 0 Å². The fraction of sp³-hybridized carbons (Fsp3) is 0.923. The third kappa shape index (κ3) is 6.16. The summed E-state index contributed by atoms with van der Waals surface area (Å²) in [7, 11) is 0. The van der Waals surface area contributed by atoms with E-state index < -0.39 is 6.10 Å². The predicted octanol–water partition coefficient (Wildman–Crippen LogP) is 3.43. The van der Waals surface area contributed by atoms with Gasteiger partial charge in [-0.1, -0.05) is 53.3 Å². The monoisotopic (exact) mass is 278 g/mol. The molecule has 0 fully saturated rings. The maximum Gasteiger partial charge on any atom is 0.194 e. The number of aliphatic hydroxyl groups excluding tert-OH is 1. The molecule has 0 aliphatic heterocycles. The van der Waals surface area contributed by atoms with Crippen molar-refractivity contribution in [2.75, 3.05) is 6.26 Å². The van der Waals surface area contributed by atoms with E-state index in [4.69, 9.17) is 0 Å². The minimum atomic E-state index is -0.563. The van der Waals surface area contributed by atoms with Gasteiger partial charge in [0.15, 0.2) is 5.12 Å². The lowest BCUT2D eigenvalue weighted by Gasteiger charge is -2.29. The lowest BCUT2D eigenvalue weighted by molar-refractivity contribution is -0.117. The number of aliphatic hydroxyl groups is 1. The molecular formula is C13H26O2S2. The Morgan fingerprint density at radius 3 is 1.94 bits per heavy atom. The Hall–Kier alpha value is 0.330. The van der Waals surface area contributed by atoms with E-state index in [2.05, 4.69) is 13.8 Å². The Bertz CT molecular complexity index is 246. The molecule has 0 amide bonds. The summed E-state index contributed by atoms with van der Waals surface area (Å²) in [5.74, 6) is 0.0639. The molecule has 0 rings (SSSR count). The molecule has 17 heavy (non-hydrogen) atoms. The van der Waals surface area contributed by atoms with Gasteiger partial charge >= 0.3 is 0 Å². The van der Waals surface area contributed by atoms with E-state index >= 15 is 0 Å². The van der Waals surface area contributed by atoms with Crippen LogP contribution in [0.4, 0.5) is 0 Å². The normalized spacial score (nSPS) is 17.9. The van der Waals surface area contributed by atoms with E-state index in [9.17, 15) is 9.90 Å². The topological polar surface area (TPSA) is 37.3 Å². The van der Waals surface area contributed by atoms with Crippen LogP contribution < -0.4 is 0 Å². The molecule has 0 unspecified atom stereocenters. The van der Waals surface area contributed by atoms with Crippen molar-refractivity contribution in [2.45, 2.75) is 57.6 Å². The molecule has 2 nitrogen and oxygen atoms in total. The highest BCUT2D eigenvalue weighted by molar-refractivity contribution is 8.14. The SMILES string of the molecule is CS[C@H](C(C)C)[C@@H](O)[C@H](C)C(=O)SC(C)(C)C. The molecule has 0 saturated carbocycles. The molecule has 0 aromatic rings. The van der Waals surface area contributed by atoms with Gasteiger partial charge in [0.05, 0.1) is 12.0 Å². The molecule has 0 heterocycles. The Labute approximate surface area is 114 Å². The Balaban J connectivity index is 4.58. The van der Waals surface area contributed by atoms with Crippen molar-refractivity contribution in [3.8, 4) is 0 Å². The van der Waals surface area contributed by atoms with Crippen LogP contribution in [0.25, 0.3) is 0 Å². The number of thioether (sulfide) groups is 2. The summed E-state index contributed by atoms with van der Waals surface area (Å²) in [5, 5.41) is 10.5. The second-order valence-electron chi connectivity index (χ2n) is 5.76. The number of carbonyl (C=O) groups excluding carboxylic acids is 1. The maximum absolute atomic E-state index is 12.0. The van der Waals surface area contributed by atoms with Crippen LogP contribution in [0.1, 0.15) is 41.5 Å². The first kappa shape index (κ1) is 17.3. The van der Waals surface area contributed by atoms with Crippen LogP contribution in [-0.4, -0.2) is 32.6 Å². The summed E-state index contributed by atoms with van der Waals surface area (Å²) in [6, 6.07) is 0. The third-order valence-corrected chi connectivity index (χ3v) is 5.11. The molecule has 1 N–H and O–H groups in total. The highest BCUT2D eigenvalue weighted by atomic mass is 32.2. The fourth-order valence-corrected chi connectivity index (χ4v) is 3.61. The standard InChI is InChI=1S/C13H26O2S2/c1-8(2)11(16-7)10(14)9(3)12(15)17-13(4,5)6/h8-11,14H,1-7H3/t9-,10-,11+/m0/s1. The van der Waals surface area contributed by atoms with Gasteiger partial charge in [0.2, 0.25) is 0 Å². The van der Waals surface area contributed by atoms with Crippen molar-refractivity contribution < 1.29 is 9.90 Å². The van der Waals surface area contributed by atoms with E-state index in [1.807, 2.05) is 34.0 Å². The summed E-state index contributed by atoms with van der Waals surface area (Å²) in [4.78, 5) is 12.0. The van der Waals surface area contributed by atoms with Gasteiger partial charge in [-0.05, 0) is 12.2 Å². The van der Waals surface area contributed by atoms with E-state index in [1.54, 1.807) is 11.8 Å². The van der Waals surface area contributed by atoms with Crippen LogP contribution in [0.2, 0.25) is 0 Å². The van der Waals surface area contributed by atoms with Crippen molar-refractivity contribution in [3.05, 3.63) is 0 Å². The van der Waals surface area contributed by atoms with Crippen LogP contribution >= 0.6 is 23.5 Å². The smallest absolute Gasteiger partial charge is 0.194 e. The van der Waals surface area contributed by atoms with Crippen molar-refractivity contribution in [2.24, 2.45) is 11.8 Å². The Kier molecular flexibility index (Phi) is 7.19. The number of carbonyl (C=O) groups is 1. The second-order valence-corrected chi connectivity index (χ2v) is 8.60. The largest absolute Gasteiger partial charge is 0.391 e. The quantitative estimate of drug-likeness (QED) is 0.836. The Morgan fingerprint density at radius 2 is 1.65 bits per heavy atom. The van der Waals surface area contributed by atoms with Crippen molar-refractivity contribution in [1.29, 1.82) is 0 Å². The third-order valence-electron chi connectivity index (χ3n) is 2.56. The first-order chi connectivity index (χ1) is 7.60. The van der Waals surface area contributed by atoms with Gasteiger partial charge in [-0.3, -0.25) is 4.79 Å². The zero-order chi connectivity index (χ0) is 13.8. The van der Waals surface area contributed by atoms with Crippen molar-refractivity contribution in [1.82, 2.24) is 0 Å². The Morgan fingerprint density at radius 1 is 1.18 bits per heavy atom. The average Bonchev–Trinajstić information content (AvgIpc) is 2.14. The van der Waals surface area contributed by atoms with Gasteiger partial charge in [-0.15, -0.1) is 0 Å². The molecular weight excluding hydrogens is 252 g/mol. The van der Waals surface area contributed by atoms with E-state index in [0.717, 1.165) is 0 Å². The summed E-state index contributed by atoms with van der Waals surface area (Å²) >= 11 is 2.96. The van der Waals surface area contributed by atoms with Gasteiger partial charge in [0.25, 0.3) is 0 Å².